The Morgan fingerprint density at radius 1 is 1.35 bits per heavy atom. The van der Waals surface area contributed by atoms with Crippen molar-refractivity contribution in [2.75, 3.05) is 29.0 Å². The molecule has 0 saturated carbocycles. The number of benzene rings is 1. The average molecular weight is 271 g/mol. The molecule has 0 bridgehead atoms. The molecule has 0 radical (unpaired) electrons. The minimum atomic E-state index is -0.130. The van der Waals surface area contributed by atoms with Crippen molar-refractivity contribution in [3.63, 3.8) is 0 Å². The number of carbonyl (C=O) groups excluding carboxylic acids is 1. The van der Waals surface area contributed by atoms with E-state index in [-0.39, 0.29) is 5.91 Å². The lowest BCUT2D eigenvalue weighted by molar-refractivity contribution is 0.102. The highest BCUT2D eigenvalue weighted by molar-refractivity contribution is 6.10. The van der Waals surface area contributed by atoms with Gasteiger partial charge >= 0.3 is 0 Å². The molecule has 1 aliphatic rings. The normalized spacial score (nSPS) is 13.1. The minimum Gasteiger partial charge on any atom is -0.382 e. The molecule has 0 atom stereocenters. The van der Waals surface area contributed by atoms with Gasteiger partial charge in [-0.1, -0.05) is 6.07 Å². The van der Waals surface area contributed by atoms with Gasteiger partial charge in [-0.05, 0) is 19.1 Å². The number of aromatic nitrogens is 2. The van der Waals surface area contributed by atoms with Crippen molar-refractivity contribution in [2.24, 2.45) is 7.05 Å². The van der Waals surface area contributed by atoms with E-state index in [1.807, 2.05) is 32.2 Å². The molecule has 0 aliphatic carbocycles. The first-order chi connectivity index (χ1) is 9.65. The zero-order valence-corrected chi connectivity index (χ0v) is 11.5. The largest absolute Gasteiger partial charge is 0.382 e. The molecule has 6 heteroatoms. The van der Waals surface area contributed by atoms with E-state index in [1.54, 1.807) is 10.9 Å². The van der Waals surface area contributed by atoms with Crippen LogP contribution in [0.4, 0.5) is 17.1 Å². The Balaban J connectivity index is 1.89. The topological polar surface area (TPSA) is 71.0 Å². The fourth-order valence-corrected chi connectivity index (χ4v) is 2.38. The fourth-order valence-electron chi connectivity index (χ4n) is 2.38. The standard InChI is InChI=1S/C14H17N5O/c1-9-12(8-19(2)18-9)17-14(20)10-4-3-5-11-13(10)16-7-6-15-11/h3-5,8,15-16H,6-7H2,1-2H3,(H,17,20). The van der Waals surface area contributed by atoms with Gasteiger partial charge in [-0.15, -0.1) is 0 Å². The van der Waals surface area contributed by atoms with Crippen molar-refractivity contribution in [3.05, 3.63) is 35.7 Å². The molecule has 1 amide bonds. The molecular weight excluding hydrogens is 254 g/mol. The maximum absolute atomic E-state index is 12.4. The van der Waals surface area contributed by atoms with Crippen molar-refractivity contribution in [1.29, 1.82) is 0 Å². The van der Waals surface area contributed by atoms with E-state index in [9.17, 15) is 4.79 Å². The summed E-state index contributed by atoms with van der Waals surface area (Å²) in [6.45, 7) is 3.54. The van der Waals surface area contributed by atoms with Crippen LogP contribution in [0, 0.1) is 6.92 Å². The van der Waals surface area contributed by atoms with Crippen molar-refractivity contribution in [3.8, 4) is 0 Å². The van der Waals surface area contributed by atoms with Gasteiger partial charge in [0.05, 0.1) is 28.3 Å². The molecule has 20 heavy (non-hydrogen) atoms. The highest BCUT2D eigenvalue weighted by Gasteiger charge is 2.18. The summed E-state index contributed by atoms with van der Waals surface area (Å²) in [5, 5.41) is 13.7. The van der Waals surface area contributed by atoms with Crippen molar-refractivity contribution in [2.45, 2.75) is 6.92 Å². The van der Waals surface area contributed by atoms with E-state index in [4.69, 9.17) is 0 Å². The molecule has 0 spiro atoms. The lowest BCUT2D eigenvalue weighted by atomic mass is 10.1. The summed E-state index contributed by atoms with van der Waals surface area (Å²) in [5.74, 6) is -0.130. The van der Waals surface area contributed by atoms with Crippen LogP contribution in [0.1, 0.15) is 16.1 Å². The lowest BCUT2D eigenvalue weighted by Gasteiger charge is -2.22. The zero-order chi connectivity index (χ0) is 14.1. The Hall–Kier alpha value is -2.50. The molecule has 0 fully saturated rings. The van der Waals surface area contributed by atoms with Crippen LogP contribution in [0.5, 0.6) is 0 Å². The number of nitrogens with one attached hydrogen (secondary N) is 3. The third-order valence-corrected chi connectivity index (χ3v) is 3.31. The average Bonchev–Trinajstić information content (AvgIpc) is 2.76. The minimum absolute atomic E-state index is 0.130. The number of amides is 1. The van der Waals surface area contributed by atoms with Gasteiger partial charge in [0, 0.05) is 26.3 Å². The number of fused-ring (bicyclic) bond motifs is 1. The molecule has 1 aliphatic heterocycles. The Labute approximate surface area is 117 Å². The van der Waals surface area contributed by atoms with E-state index in [1.165, 1.54) is 0 Å². The highest BCUT2D eigenvalue weighted by atomic mass is 16.1. The second-order valence-corrected chi connectivity index (χ2v) is 4.84. The van der Waals surface area contributed by atoms with E-state index in [2.05, 4.69) is 21.0 Å². The maximum Gasteiger partial charge on any atom is 0.257 e. The molecule has 1 aromatic carbocycles. The summed E-state index contributed by atoms with van der Waals surface area (Å²) in [6.07, 6.45) is 1.80. The number of aryl methyl sites for hydroxylation is 2. The number of rotatable bonds is 2. The van der Waals surface area contributed by atoms with Gasteiger partial charge in [0.2, 0.25) is 0 Å². The van der Waals surface area contributed by atoms with Crippen LogP contribution in [0.25, 0.3) is 0 Å². The third kappa shape index (κ3) is 2.20. The van der Waals surface area contributed by atoms with E-state index < -0.39 is 0 Å². The molecule has 0 saturated heterocycles. The summed E-state index contributed by atoms with van der Waals surface area (Å²) in [4.78, 5) is 12.4. The lowest BCUT2D eigenvalue weighted by Crippen LogP contribution is -2.24. The Kier molecular flexibility index (Phi) is 3.06. The van der Waals surface area contributed by atoms with Crippen molar-refractivity contribution in [1.82, 2.24) is 9.78 Å². The van der Waals surface area contributed by atoms with Gasteiger partial charge in [0.15, 0.2) is 0 Å². The quantitative estimate of drug-likeness (QED) is 0.779. The molecule has 3 N–H and O–H groups in total. The van der Waals surface area contributed by atoms with Crippen LogP contribution < -0.4 is 16.0 Å². The summed E-state index contributed by atoms with van der Waals surface area (Å²) in [7, 11) is 1.83. The Bertz CT molecular complexity index is 662. The smallest absolute Gasteiger partial charge is 0.257 e. The molecule has 2 heterocycles. The van der Waals surface area contributed by atoms with E-state index in [0.717, 1.165) is 35.8 Å². The van der Waals surface area contributed by atoms with Crippen LogP contribution >= 0.6 is 0 Å². The predicted molar refractivity (Wildman–Crippen MR) is 79.3 cm³/mol. The monoisotopic (exact) mass is 271 g/mol. The number of carbonyl (C=O) groups is 1. The van der Waals surface area contributed by atoms with Crippen LogP contribution in [0.15, 0.2) is 24.4 Å². The van der Waals surface area contributed by atoms with E-state index in [0.29, 0.717) is 5.56 Å². The Morgan fingerprint density at radius 2 is 2.15 bits per heavy atom. The van der Waals surface area contributed by atoms with E-state index >= 15 is 0 Å². The second-order valence-electron chi connectivity index (χ2n) is 4.84. The van der Waals surface area contributed by atoms with Crippen molar-refractivity contribution < 1.29 is 4.79 Å². The molecule has 2 aromatic rings. The van der Waals surface area contributed by atoms with Crippen LogP contribution in [0.2, 0.25) is 0 Å². The van der Waals surface area contributed by atoms with Gasteiger partial charge in [-0.3, -0.25) is 9.48 Å². The van der Waals surface area contributed by atoms with Crippen LogP contribution in [-0.2, 0) is 7.05 Å². The van der Waals surface area contributed by atoms with Crippen LogP contribution in [0.3, 0.4) is 0 Å². The highest BCUT2D eigenvalue weighted by Crippen LogP contribution is 2.29. The molecule has 3 rings (SSSR count). The number of anilines is 3. The summed E-state index contributed by atoms with van der Waals surface area (Å²) in [6, 6.07) is 5.66. The van der Waals surface area contributed by atoms with Gasteiger partial charge in [-0.25, -0.2) is 0 Å². The first-order valence-electron chi connectivity index (χ1n) is 6.57. The van der Waals surface area contributed by atoms with Gasteiger partial charge in [0.1, 0.15) is 0 Å². The third-order valence-electron chi connectivity index (χ3n) is 3.31. The predicted octanol–water partition coefficient (Wildman–Crippen LogP) is 1.82. The number of hydrogen-bond acceptors (Lipinski definition) is 4. The molecule has 104 valence electrons. The number of hydrogen-bond donors (Lipinski definition) is 3. The molecule has 1 aromatic heterocycles. The van der Waals surface area contributed by atoms with Gasteiger partial charge in [-0.2, -0.15) is 5.10 Å². The summed E-state index contributed by atoms with van der Waals surface area (Å²) < 4.78 is 1.69. The summed E-state index contributed by atoms with van der Waals surface area (Å²) in [5.41, 5.74) is 4.00. The SMILES string of the molecule is Cc1nn(C)cc1NC(=O)c1cccc2c1NCCN2. The molecule has 6 nitrogen and oxygen atoms in total. The van der Waals surface area contributed by atoms with Gasteiger partial charge in [0.25, 0.3) is 5.91 Å². The van der Waals surface area contributed by atoms with Gasteiger partial charge < -0.3 is 16.0 Å². The zero-order valence-electron chi connectivity index (χ0n) is 11.5. The molecular formula is C14H17N5O. The number of para-hydroxylation sites is 1. The van der Waals surface area contributed by atoms with Crippen LogP contribution in [-0.4, -0.2) is 28.8 Å². The Morgan fingerprint density at radius 3 is 2.90 bits per heavy atom. The summed E-state index contributed by atoms with van der Waals surface area (Å²) >= 11 is 0. The first-order valence-corrected chi connectivity index (χ1v) is 6.57. The molecule has 0 unspecified atom stereocenters. The van der Waals surface area contributed by atoms with Crippen molar-refractivity contribution >= 4 is 23.0 Å². The fraction of sp³-hybridized carbons (Fsp3) is 0.286. The first kappa shape index (κ1) is 12.5. The maximum atomic E-state index is 12.4. The number of nitrogens with zero attached hydrogens (tertiary/aromatic N) is 2. The second kappa shape index (κ2) is 4.88.